The minimum absolute atomic E-state index is 0.0944. The molecule has 19 heavy (non-hydrogen) atoms. The molecule has 0 radical (unpaired) electrons. The molecule has 0 unspecified atom stereocenters. The first kappa shape index (κ1) is 13.9. The highest BCUT2D eigenvalue weighted by Gasteiger charge is 2.37. The topological polar surface area (TPSA) is 45.2 Å². The van der Waals surface area contributed by atoms with Gasteiger partial charge in [-0.2, -0.15) is 0 Å². The number of carbonyl (C=O) groups excluding carboxylic acids is 1. The molecule has 0 atom stereocenters. The van der Waals surface area contributed by atoms with Gasteiger partial charge in [0.2, 0.25) is 0 Å². The fourth-order valence-corrected chi connectivity index (χ4v) is 2.03. The number of amides is 1. The molecule has 1 saturated heterocycles. The number of pyridine rings is 1. The maximum absolute atomic E-state index is 12.9. The summed E-state index contributed by atoms with van der Waals surface area (Å²) in [7, 11) is 0. The van der Waals surface area contributed by atoms with Crippen LogP contribution < -0.4 is 5.32 Å². The van der Waals surface area contributed by atoms with Gasteiger partial charge < -0.3 is 5.32 Å². The molecule has 0 aromatic carbocycles. The van der Waals surface area contributed by atoms with Crippen LogP contribution in [0.25, 0.3) is 0 Å². The number of hydrogen-bond donors (Lipinski definition) is 1. The van der Waals surface area contributed by atoms with Crippen LogP contribution in [0.5, 0.6) is 0 Å². The van der Waals surface area contributed by atoms with Crippen molar-refractivity contribution in [2.45, 2.75) is 19.3 Å². The second kappa shape index (κ2) is 5.61. The van der Waals surface area contributed by atoms with Crippen molar-refractivity contribution in [3.63, 3.8) is 0 Å². The lowest BCUT2D eigenvalue weighted by molar-refractivity contribution is 0.0124. The Morgan fingerprint density at radius 2 is 2.32 bits per heavy atom. The Kier molecular flexibility index (Phi) is 4.09. The average molecular weight is 269 g/mol. The quantitative estimate of drug-likeness (QED) is 0.900. The first-order valence-electron chi connectivity index (χ1n) is 6.27. The van der Waals surface area contributed by atoms with Gasteiger partial charge in [-0.15, -0.1) is 0 Å². The van der Waals surface area contributed by atoms with Crippen LogP contribution in [0.3, 0.4) is 0 Å². The first-order chi connectivity index (χ1) is 8.96. The second-order valence-corrected chi connectivity index (χ2v) is 4.83. The third-order valence-electron chi connectivity index (χ3n) is 3.14. The predicted molar refractivity (Wildman–Crippen MR) is 67.3 cm³/mol. The van der Waals surface area contributed by atoms with Crippen LogP contribution in [0.4, 0.5) is 8.78 Å². The Hall–Kier alpha value is -1.56. The first-order valence-corrected chi connectivity index (χ1v) is 6.27. The molecule has 0 bridgehead atoms. The second-order valence-electron chi connectivity index (χ2n) is 4.83. The largest absolute Gasteiger partial charge is 0.351 e. The van der Waals surface area contributed by atoms with E-state index in [1.54, 1.807) is 17.0 Å². The Labute approximate surface area is 110 Å². The van der Waals surface area contributed by atoms with Gasteiger partial charge in [0.25, 0.3) is 11.8 Å². The molecule has 6 heteroatoms. The van der Waals surface area contributed by atoms with E-state index >= 15 is 0 Å². The van der Waals surface area contributed by atoms with Crippen LogP contribution in [-0.2, 0) is 0 Å². The number of hydrogen-bond acceptors (Lipinski definition) is 3. The van der Waals surface area contributed by atoms with Crippen molar-refractivity contribution in [1.29, 1.82) is 0 Å². The van der Waals surface area contributed by atoms with Crippen LogP contribution in [0.1, 0.15) is 22.5 Å². The van der Waals surface area contributed by atoms with E-state index in [2.05, 4.69) is 10.3 Å². The fraction of sp³-hybridized carbons (Fsp3) is 0.538. The van der Waals surface area contributed by atoms with Crippen LogP contribution in [0.15, 0.2) is 18.3 Å². The monoisotopic (exact) mass is 269 g/mol. The number of likely N-dealkylation sites (tertiary alicyclic amines) is 1. The van der Waals surface area contributed by atoms with Crippen LogP contribution in [-0.4, -0.2) is 47.9 Å². The molecule has 4 nitrogen and oxygen atoms in total. The zero-order valence-corrected chi connectivity index (χ0v) is 10.8. The minimum Gasteiger partial charge on any atom is -0.351 e. The molecule has 1 N–H and O–H groups in total. The molecule has 1 aromatic heterocycles. The van der Waals surface area contributed by atoms with Crippen LogP contribution in [0.2, 0.25) is 0 Å². The Balaban J connectivity index is 1.74. The van der Waals surface area contributed by atoms with Crippen molar-refractivity contribution in [2.24, 2.45) is 0 Å². The number of rotatable bonds is 4. The van der Waals surface area contributed by atoms with Gasteiger partial charge in [0.1, 0.15) is 0 Å². The van der Waals surface area contributed by atoms with Gasteiger partial charge in [-0.1, -0.05) is 0 Å². The number of nitrogens with zero attached hydrogens (tertiary/aromatic N) is 2. The van der Waals surface area contributed by atoms with E-state index in [4.69, 9.17) is 0 Å². The standard InChI is InChI=1S/C13H17F2N3O/c1-10-2-3-11(8-17-10)12(19)16-5-7-18-6-4-13(14,15)9-18/h2-3,8H,4-7,9H2,1H3,(H,16,19). The Morgan fingerprint density at radius 1 is 1.53 bits per heavy atom. The number of aromatic nitrogens is 1. The number of nitrogens with one attached hydrogen (secondary N) is 1. The molecule has 0 spiro atoms. The van der Waals surface area contributed by atoms with Crippen molar-refractivity contribution in [2.75, 3.05) is 26.2 Å². The van der Waals surface area contributed by atoms with Gasteiger partial charge in [-0.25, -0.2) is 8.78 Å². The van der Waals surface area contributed by atoms with Crippen molar-refractivity contribution >= 4 is 5.91 Å². The van der Waals surface area contributed by atoms with E-state index in [-0.39, 0.29) is 18.9 Å². The minimum atomic E-state index is -2.58. The molecule has 104 valence electrons. The maximum atomic E-state index is 12.9. The lowest BCUT2D eigenvalue weighted by Crippen LogP contribution is -2.35. The summed E-state index contributed by atoms with van der Waals surface area (Å²) in [4.78, 5) is 17.4. The highest BCUT2D eigenvalue weighted by molar-refractivity contribution is 5.93. The summed E-state index contributed by atoms with van der Waals surface area (Å²) in [5, 5.41) is 2.71. The predicted octanol–water partition coefficient (Wildman–Crippen LogP) is 1.46. The highest BCUT2D eigenvalue weighted by atomic mass is 19.3. The van der Waals surface area contributed by atoms with Gasteiger partial charge in [-0.3, -0.25) is 14.7 Å². The van der Waals surface area contributed by atoms with Gasteiger partial charge in [0.15, 0.2) is 0 Å². The maximum Gasteiger partial charge on any atom is 0.261 e. The lowest BCUT2D eigenvalue weighted by atomic mass is 10.2. The highest BCUT2D eigenvalue weighted by Crippen LogP contribution is 2.26. The molecule has 1 amide bonds. The van der Waals surface area contributed by atoms with Gasteiger partial charge in [0.05, 0.1) is 12.1 Å². The molecule has 2 heterocycles. The normalized spacial score (nSPS) is 18.5. The smallest absolute Gasteiger partial charge is 0.261 e. The van der Waals surface area contributed by atoms with E-state index in [0.29, 0.717) is 25.2 Å². The summed E-state index contributed by atoms with van der Waals surface area (Å²) < 4.78 is 25.9. The van der Waals surface area contributed by atoms with Crippen LogP contribution >= 0.6 is 0 Å². The molecule has 1 aromatic rings. The molecule has 0 saturated carbocycles. The molecular formula is C13H17F2N3O. The van der Waals surface area contributed by atoms with E-state index in [9.17, 15) is 13.6 Å². The Bertz CT molecular complexity index is 448. The summed E-state index contributed by atoms with van der Waals surface area (Å²) in [6.07, 6.45) is 1.41. The number of alkyl halides is 2. The van der Waals surface area contributed by atoms with Gasteiger partial charge >= 0.3 is 0 Å². The third-order valence-corrected chi connectivity index (χ3v) is 3.14. The van der Waals surface area contributed by atoms with Crippen molar-refractivity contribution < 1.29 is 13.6 Å². The van der Waals surface area contributed by atoms with Gasteiger partial charge in [0, 0.05) is 37.9 Å². The molecule has 1 aliphatic heterocycles. The molecular weight excluding hydrogens is 252 g/mol. The zero-order valence-electron chi connectivity index (χ0n) is 10.8. The van der Waals surface area contributed by atoms with E-state index in [0.717, 1.165) is 5.69 Å². The molecule has 2 rings (SSSR count). The van der Waals surface area contributed by atoms with Crippen molar-refractivity contribution in [3.8, 4) is 0 Å². The van der Waals surface area contributed by atoms with Crippen LogP contribution in [0, 0.1) is 6.92 Å². The summed E-state index contributed by atoms with van der Waals surface area (Å²) in [5.74, 6) is -2.80. The average Bonchev–Trinajstić information content (AvgIpc) is 2.69. The summed E-state index contributed by atoms with van der Waals surface area (Å²) in [6.45, 7) is 2.82. The summed E-state index contributed by atoms with van der Waals surface area (Å²) >= 11 is 0. The molecule has 1 aliphatic rings. The van der Waals surface area contributed by atoms with E-state index < -0.39 is 5.92 Å². The fourth-order valence-electron chi connectivity index (χ4n) is 2.03. The number of aryl methyl sites for hydroxylation is 1. The van der Waals surface area contributed by atoms with Gasteiger partial charge in [-0.05, 0) is 19.1 Å². The van der Waals surface area contributed by atoms with Crippen molar-refractivity contribution in [1.82, 2.24) is 15.2 Å². The Morgan fingerprint density at radius 3 is 2.89 bits per heavy atom. The molecule has 0 aliphatic carbocycles. The number of halogens is 2. The van der Waals surface area contributed by atoms with Crippen molar-refractivity contribution in [3.05, 3.63) is 29.6 Å². The lowest BCUT2D eigenvalue weighted by Gasteiger charge is -2.15. The SMILES string of the molecule is Cc1ccc(C(=O)NCCN2CCC(F)(F)C2)cn1. The zero-order chi connectivity index (χ0) is 13.9. The van der Waals surface area contributed by atoms with E-state index in [1.807, 2.05) is 6.92 Å². The number of carbonyl (C=O) groups is 1. The summed E-state index contributed by atoms with van der Waals surface area (Å²) in [5.41, 5.74) is 1.33. The summed E-state index contributed by atoms with van der Waals surface area (Å²) in [6, 6.07) is 3.46. The van der Waals surface area contributed by atoms with E-state index in [1.165, 1.54) is 6.20 Å². The third kappa shape index (κ3) is 3.96. The molecule has 1 fully saturated rings.